The van der Waals surface area contributed by atoms with E-state index in [1.807, 2.05) is 0 Å². The lowest BCUT2D eigenvalue weighted by Crippen LogP contribution is -2.20. The summed E-state index contributed by atoms with van der Waals surface area (Å²) in [6.07, 6.45) is 0. The zero-order valence-corrected chi connectivity index (χ0v) is 12.1. The zero-order valence-electron chi connectivity index (χ0n) is 12.1. The Hall–Kier alpha value is -3.68. The summed E-state index contributed by atoms with van der Waals surface area (Å²) in [6, 6.07) is 9.98. The molecule has 24 heavy (non-hydrogen) atoms. The summed E-state index contributed by atoms with van der Waals surface area (Å²) in [6.45, 7) is 0. The summed E-state index contributed by atoms with van der Waals surface area (Å²) in [7, 11) is 0. The second-order valence-electron chi connectivity index (χ2n) is 4.97. The topological polar surface area (TPSA) is 132 Å². The fraction of sp³-hybridized carbons (Fsp3) is 0. The number of H-pyrrole nitrogens is 2. The Morgan fingerprint density at radius 3 is 2.17 bits per heavy atom. The third-order valence-electron chi connectivity index (χ3n) is 3.46. The molecule has 2 aromatic carbocycles. The molecule has 0 saturated heterocycles. The summed E-state index contributed by atoms with van der Waals surface area (Å²) in [5.41, 5.74) is -0.843. The molecule has 1 amide bonds. The van der Waals surface area contributed by atoms with E-state index in [0.29, 0.717) is 0 Å². The van der Waals surface area contributed by atoms with Gasteiger partial charge in [0.25, 0.3) is 17.0 Å². The molecule has 0 aliphatic carbocycles. The van der Waals surface area contributed by atoms with Crippen LogP contribution in [0.2, 0.25) is 0 Å². The van der Waals surface area contributed by atoms with Crippen LogP contribution in [0.3, 0.4) is 0 Å². The number of carboxylic acids is 1. The van der Waals surface area contributed by atoms with Crippen LogP contribution in [-0.2, 0) is 0 Å². The second-order valence-corrected chi connectivity index (χ2v) is 4.97. The molecular weight excluding hydrogens is 314 g/mol. The number of carboxylic acid groups (broad SMARTS) is 1. The average molecular weight is 325 g/mol. The van der Waals surface area contributed by atoms with Gasteiger partial charge in [-0.15, -0.1) is 0 Å². The lowest BCUT2D eigenvalue weighted by Gasteiger charge is -2.08. The number of aromatic amines is 2. The van der Waals surface area contributed by atoms with Crippen LogP contribution in [0.1, 0.15) is 20.7 Å². The first kappa shape index (κ1) is 15.2. The molecule has 0 unspecified atom stereocenters. The lowest BCUT2D eigenvalue weighted by atomic mass is 10.1. The Labute approximate surface area is 133 Å². The van der Waals surface area contributed by atoms with E-state index < -0.39 is 23.0 Å². The van der Waals surface area contributed by atoms with Gasteiger partial charge in [0.15, 0.2) is 0 Å². The van der Waals surface area contributed by atoms with Crippen LogP contribution < -0.4 is 16.4 Å². The highest BCUT2D eigenvalue weighted by Gasteiger charge is 2.16. The fourth-order valence-corrected chi connectivity index (χ4v) is 2.32. The molecule has 8 nitrogen and oxygen atoms in total. The summed E-state index contributed by atoms with van der Waals surface area (Å²) in [4.78, 5) is 46.9. The molecule has 0 fully saturated rings. The number of carbonyl (C=O) groups is 2. The van der Waals surface area contributed by atoms with E-state index in [4.69, 9.17) is 5.11 Å². The van der Waals surface area contributed by atoms with Gasteiger partial charge in [0.1, 0.15) is 0 Å². The maximum Gasteiger partial charge on any atom is 0.336 e. The minimum atomic E-state index is -1.22. The largest absolute Gasteiger partial charge is 0.478 e. The van der Waals surface area contributed by atoms with E-state index in [2.05, 4.69) is 15.5 Å². The number of hydrogen-bond donors (Lipinski definition) is 4. The van der Waals surface area contributed by atoms with Crippen molar-refractivity contribution in [2.75, 3.05) is 5.32 Å². The first-order valence-corrected chi connectivity index (χ1v) is 6.86. The normalized spacial score (nSPS) is 10.5. The number of amides is 1. The maximum absolute atomic E-state index is 12.3. The highest BCUT2D eigenvalue weighted by atomic mass is 16.4. The van der Waals surface area contributed by atoms with Crippen LogP contribution in [0.15, 0.2) is 52.1 Å². The molecule has 0 bridgehead atoms. The van der Waals surface area contributed by atoms with Crippen molar-refractivity contribution in [1.29, 1.82) is 0 Å². The molecular formula is C16H11N3O5. The molecule has 3 aromatic rings. The monoisotopic (exact) mass is 325 g/mol. The van der Waals surface area contributed by atoms with E-state index in [1.54, 1.807) is 6.07 Å². The van der Waals surface area contributed by atoms with Crippen LogP contribution >= 0.6 is 0 Å². The van der Waals surface area contributed by atoms with Crippen LogP contribution in [-0.4, -0.2) is 27.2 Å². The number of anilines is 1. The van der Waals surface area contributed by atoms with Crippen LogP contribution in [0.4, 0.5) is 5.69 Å². The first-order valence-electron chi connectivity index (χ1n) is 6.86. The predicted octanol–water partition coefficient (Wildman–Crippen LogP) is 1.17. The summed E-state index contributed by atoms with van der Waals surface area (Å²) >= 11 is 0. The SMILES string of the molecule is O=C(O)c1ccccc1C(=O)Nc1ccc2c(=O)[nH][nH]c(=O)c2c1. The minimum Gasteiger partial charge on any atom is -0.478 e. The maximum atomic E-state index is 12.3. The van der Waals surface area contributed by atoms with Crippen molar-refractivity contribution in [3.05, 3.63) is 74.3 Å². The summed E-state index contributed by atoms with van der Waals surface area (Å²) < 4.78 is 0. The highest BCUT2D eigenvalue weighted by molar-refractivity contribution is 6.11. The van der Waals surface area contributed by atoms with Gasteiger partial charge in [0.2, 0.25) is 0 Å². The molecule has 0 radical (unpaired) electrons. The lowest BCUT2D eigenvalue weighted by molar-refractivity contribution is 0.0692. The highest BCUT2D eigenvalue weighted by Crippen LogP contribution is 2.16. The van der Waals surface area contributed by atoms with Gasteiger partial charge in [0.05, 0.1) is 21.9 Å². The first-order chi connectivity index (χ1) is 11.5. The minimum absolute atomic E-state index is 0.00934. The van der Waals surface area contributed by atoms with E-state index >= 15 is 0 Å². The van der Waals surface area contributed by atoms with Crippen molar-refractivity contribution < 1.29 is 14.7 Å². The fourth-order valence-electron chi connectivity index (χ4n) is 2.32. The third kappa shape index (κ3) is 2.68. The molecule has 3 rings (SSSR count). The number of benzene rings is 2. The zero-order chi connectivity index (χ0) is 17.3. The number of aromatic nitrogens is 2. The molecule has 0 aliphatic heterocycles. The molecule has 0 spiro atoms. The molecule has 4 N–H and O–H groups in total. The van der Waals surface area contributed by atoms with Crippen molar-refractivity contribution in [2.24, 2.45) is 0 Å². The summed E-state index contributed by atoms with van der Waals surface area (Å²) in [5.74, 6) is -1.85. The Kier molecular flexibility index (Phi) is 3.70. The molecule has 1 heterocycles. The number of aromatic carboxylic acids is 1. The van der Waals surface area contributed by atoms with Crippen LogP contribution in [0.5, 0.6) is 0 Å². The summed E-state index contributed by atoms with van der Waals surface area (Å²) in [5, 5.41) is 16.3. The molecule has 0 atom stereocenters. The van der Waals surface area contributed by atoms with Gasteiger partial charge in [-0.1, -0.05) is 12.1 Å². The van der Waals surface area contributed by atoms with Crippen molar-refractivity contribution >= 4 is 28.3 Å². The van der Waals surface area contributed by atoms with Gasteiger partial charge in [-0.25, -0.2) is 4.79 Å². The van der Waals surface area contributed by atoms with E-state index in [9.17, 15) is 19.2 Å². The molecule has 0 aliphatic rings. The quantitative estimate of drug-likeness (QED) is 0.574. The van der Waals surface area contributed by atoms with Gasteiger partial charge in [0, 0.05) is 5.69 Å². The molecule has 0 saturated carbocycles. The van der Waals surface area contributed by atoms with E-state index in [1.165, 1.54) is 36.4 Å². The standard InChI is InChI=1S/C16H11N3O5/c20-13(9-3-1-2-4-11(9)16(23)24)17-8-5-6-10-12(7-8)15(22)19-18-14(10)21/h1-7H,(H,17,20)(H,18,21)(H,19,22)(H,23,24). The van der Waals surface area contributed by atoms with Gasteiger partial charge >= 0.3 is 5.97 Å². The second kappa shape index (κ2) is 5.84. The van der Waals surface area contributed by atoms with Gasteiger partial charge in [-0.2, -0.15) is 0 Å². The molecule has 120 valence electrons. The van der Waals surface area contributed by atoms with Crippen molar-refractivity contribution in [2.45, 2.75) is 0 Å². The van der Waals surface area contributed by atoms with Crippen LogP contribution in [0, 0.1) is 0 Å². The van der Waals surface area contributed by atoms with Crippen molar-refractivity contribution in [3.63, 3.8) is 0 Å². The van der Waals surface area contributed by atoms with Crippen molar-refractivity contribution in [3.8, 4) is 0 Å². The number of hydrogen-bond acceptors (Lipinski definition) is 4. The van der Waals surface area contributed by atoms with E-state index in [-0.39, 0.29) is 27.6 Å². The number of nitrogens with one attached hydrogen (secondary N) is 3. The van der Waals surface area contributed by atoms with E-state index in [0.717, 1.165) is 0 Å². The molecule has 8 heteroatoms. The van der Waals surface area contributed by atoms with Crippen LogP contribution in [0.25, 0.3) is 10.8 Å². The number of rotatable bonds is 3. The van der Waals surface area contributed by atoms with Gasteiger partial charge in [-0.05, 0) is 30.3 Å². The van der Waals surface area contributed by atoms with Crippen molar-refractivity contribution in [1.82, 2.24) is 10.2 Å². The van der Waals surface area contributed by atoms with Gasteiger partial charge < -0.3 is 10.4 Å². The average Bonchev–Trinajstić information content (AvgIpc) is 2.58. The van der Waals surface area contributed by atoms with Gasteiger partial charge in [-0.3, -0.25) is 24.6 Å². The Morgan fingerprint density at radius 2 is 1.50 bits per heavy atom. The number of carbonyl (C=O) groups excluding carboxylic acids is 1. The smallest absolute Gasteiger partial charge is 0.336 e. The Morgan fingerprint density at radius 1 is 0.875 bits per heavy atom. The third-order valence-corrected chi connectivity index (χ3v) is 3.46. The Bertz CT molecular complexity index is 1080. The molecule has 1 aromatic heterocycles. The predicted molar refractivity (Wildman–Crippen MR) is 86.5 cm³/mol. The number of fused-ring (bicyclic) bond motifs is 1. The Balaban J connectivity index is 2.00.